The van der Waals surface area contributed by atoms with Crippen molar-refractivity contribution in [2.45, 2.75) is 0 Å². The van der Waals surface area contributed by atoms with E-state index in [2.05, 4.69) is 15.0 Å². The lowest BCUT2D eigenvalue weighted by molar-refractivity contribution is -0.384. The Kier molecular flexibility index (Phi) is 5.81. The van der Waals surface area contributed by atoms with Crippen molar-refractivity contribution in [1.82, 2.24) is 9.71 Å². The molecule has 32 heavy (non-hydrogen) atoms. The van der Waals surface area contributed by atoms with Gasteiger partial charge in [-0.1, -0.05) is 12.1 Å². The molecule has 2 N–H and O–H groups in total. The molecule has 0 spiro atoms. The van der Waals surface area contributed by atoms with Crippen LogP contribution in [-0.2, 0) is 0 Å². The highest BCUT2D eigenvalue weighted by atomic mass is 32.2. The standard InChI is InChI=1S/C21H13FN4O5S/c22-16-4-2-1-3-15(16)19-24-17-11-13(7-10-18(17)31-19)23-21(28)25-32-20(27)12-5-8-14(9-6-12)26(29)30/h1-11H,(H2,23,25,28). The number of amides is 2. The summed E-state index contributed by atoms with van der Waals surface area (Å²) in [6.45, 7) is 0. The van der Waals surface area contributed by atoms with Crippen molar-refractivity contribution in [2.24, 2.45) is 0 Å². The molecule has 0 radical (unpaired) electrons. The molecule has 0 atom stereocenters. The van der Waals surface area contributed by atoms with Crippen LogP contribution in [0.5, 0.6) is 0 Å². The van der Waals surface area contributed by atoms with E-state index in [1.807, 2.05) is 0 Å². The number of nitro benzene ring substituents is 1. The number of anilines is 1. The third-order valence-corrected chi connectivity index (χ3v) is 5.01. The zero-order chi connectivity index (χ0) is 22.7. The van der Waals surface area contributed by atoms with Gasteiger partial charge in [0.25, 0.3) is 5.69 Å². The lowest BCUT2D eigenvalue weighted by Crippen LogP contribution is -2.24. The van der Waals surface area contributed by atoms with Gasteiger partial charge >= 0.3 is 6.03 Å². The third kappa shape index (κ3) is 4.57. The Morgan fingerprint density at radius 1 is 1.06 bits per heavy atom. The van der Waals surface area contributed by atoms with Gasteiger partial charge in [0.2, 0.25) is 11.0 Å². The highest BCUT2D eigenvalue weighted by molar-refractivity contribution is 8.12. The molecule has 9 nitrogen and oxygen atoms in total. The molecule has 0 saturated carbocycles. The first-order valence-corrected chi connectivity index (χ1v) is 9.90. The molecule has 160 valence electrons. The minimum Gasteiger partial charge on any atom is -0.436 e. The van der Waals surface area contributed by atoms with Crippen molar-refractivity contribution in [1.29, 1.82) is 0 Å². The van der Waals surface area contributed by atoms with E-state index >= 15 is 0 Å². The molecule has 0 bridgehead atoms. The minimum atomic E-state index is -0.664. The number of nitrogens with zero attached hydrogens (tertiary/aromatic N) is 2. The van der Waals surface area contributed by atoms with Gasteiger partial charge in [-0.15, -0.1) is 0 Å². The number of benzene rings is 3. The van der Waals surface area contributed by atoms with Crippen LogP contribution < -0.4 is 10.0 Å². The first kappa shape index (κ1) is 21.0. The van der Waals surface area contributed by atoms with Crippen molar-refractivity contribution in [2.75, 3.05) is 5.32 Å². The van der Waals surface area contributed by atoms with Crippen LogP contribution in [0.4, 0.5) is 20.6 Å². The SMILES string of the molecule is O=C(NSC(=O)c1ccc([N+](=O)[O-])cc1)Nc1ccc2oc(-c3ccccc3F)nc2c1. The van der Waals surface area contributed by atoms with Crippen LogP contribution in [0.15, 0.2) is 71.1 Å². The van der Waals surface area contributed by atoms with Gasteiger partial charge in [0.1, 0.15) is 11.3 Å². The van der Waals surface area contributed by atoms with E-state index in [9.17, 15) is 24.1 Å². The topological polar surface area (TPSA) is 127 Å². The van der Waals surface area contributed by atoms with Gasteiger partial charge < -0.3 is 9.73 Å². The predicted octanol–water partition coefficient (Wildman–Crippen LogP) is 5.15. The maximum atomic E-state index is 14.0. The first-order chi connectivity index (χ1) is 15.4. The second kappa shape index (κ2) is 8.86. The van der Waals surface area contributed by atoms with Crippen LogP contribution in [0.3, 0.4) is 0 Å². The van der Waals surface area contributed by atoms with Gasteiger partial charge in [-0.3, -0.25) is 19.6 Å². The van der Waals surface area contributed by atoms with Crippen molar-refractivity contribution in [3.8, 4) is 11.5 Å². The summed E-state index contributed by atoms with van der Waals surface area (Å²) >= 11 is 0.531. The Balaban J connectivity index is 1.39. The summed E-state index contributed by atoms with van der Waals surface area (Å²) in [7, 11) is 0. The number of aromatic nitrogens is 1. The molecule has 0 saturated heterocycles. The monoisotopic (exact) mass is 452 g/mol. The molecule has 11 heteroatoms. The van der Waals surface area contributed by atoms with Gasteiger partial charge in [0.15, 0.2) is 5.58 Å². The third-order valence-electron chi connectivity index (χ3n) is 4.30. The van der Waals surface area contributed by atoms with Crippen LogP contribution in [-0.4, -0.2) is 21.1 Å². The second-order valence-electron chi connectivity index (χ2n) is 6.43. The van der Waals surface area contributed by atoms with Crippen LogP contribution in [0.25, 0.3) is 22.6 Å². The molecule has 0 unspecified atom stereocenters. The fourth-order valence-corrected chi connectivity index (χ4v) is 3.27. The number of carbonyl (C=O) groups is 2. The fourth-order valence-electron chi connectivity index (χ4n) is 2.78. The van der Waals surface area contributed by atoms with Crippen molar-refractivity contribution < 1.29 is 23.3 Å². The highest BCUT2D eigenvalue weighted by Gasteiger charge is 2.14. The predicted molar refractivity (Wildman–Crippen MR) is 117 cm³/mol. The number of fused-ring (bicyclic) bond motifs is 1. The molecule has 4 rings (SSSR count). The molecular weight excluding hydrogens is 439 g/mol. The lowest BCUT2D eigenvalue weighted by atomic mass is 10.2. The largest absolute Gasteiger partial charge is 0.436 e. The van der Waals surface area contributed by atoms with Gasteiger partial charge in [0, 0.05) is 35.3 Å². The second-order valence-corrected chi connectivity index (χ2v) is 7.21. The normalized spacial score (nSPS) is 10.7. The van der Waals surface area contributed by atoms with Gasteiger partial charge in [-0.25, -0.2) is 14.2 Å². The number of non-ortho nitro benzene ring substituents is 1. The number of halogens is 1. The van der Waals surface area contributed by atoms with Crippen molar-refractivity contribution in [3.63, 3.8) is 0 Å². The summed E-state index contributed by atoms with van der Waals surface area (Å²) in [5.74, 6) is -0.351. The maximum Gasteiger partial charge on any atom is 0.329 e. The van der Waals surface area contributed by atoms with Crippen LogP contribution >= 0.6 is 11.9 Å². The minimum absolute atomic E-state index is 0.115. The summed E-state index contributed by atoms with van der Waals surface area (Å²) in [5, 5.41) is 12.7. The summed E-state index contributed by atoms with van der Waals surface area (Å²) in [5.41, 5.74) is 1.49. The van der Waals surface area contributed by atoms with E-state index in [1.165, 1.54) is 30.3 Å². The average molecular weight is 452 g/mol. The molecule has 0 aliphatic heterocycles. The van der Waals surface area contributed by atoms with Crippen molar-refractivity contribution >= 4 is 45.6 Å². The van der Waals surface area contributed by atoms with E-state index in [-0.39, 0.29) is 22.7 Å². The molecule has 0 aliphatic rings. The molecule has 3 aromatic carbocycles. The maximum absolute atomic E-state index is 14.0. The van der Waals surface area contributed by atoms with Crippen molar-refractivity contribution in [3.05, 3.63) is 88.2 Å². The average Bonchev–Trinajstić information content (AvgIpc) is 3.21. The molecule has 1 heterocycles. The quantitative estimate of drug-likeness (QED) is 0.249. The Morgan fingerprint density at radius 2 is 1.81 bits per heavy atom. The summed E-state index contributed by atoms with van der Waals surface area (Å²) in [4.78, 5) is 38.6. The Labute approximate surface area is 183 Å². The first-order valence-electron chi connectivity index (χ1n) is 9.09. The molecular formula is C21H13FN4O5S. The number of urea groups is 1. The zero-order valence-electron chi connectivity index (χ0n) is 16.1. The molecule has 2 amide bonds. The van der Waals surface area contributed by atoms with Crippen LogP contribution in [0.2, 0.25) is 0 Å². The van der Waals surface area contributed by atoms with Gasteiger partial charge in [-0.2, -0.15) is 0 Å². The summed E-state index contributed by atoms with van der Waals surface area (Å²) < 4.78 is 21.9. The number of nitro groups is 1. The summed E-state index contributed by atoms with van der Waals surface area (Å²) in [6.07, 6.45) is 0. The molecule has 1 aromatic heterocycles. The highest BCUT2D eigenvalue weighted by Crippen LogP contribution is 2.27. The number of nitrogens with one attached hydrogen (secondary N) is 2. The molecule has 0 aliphatic carbocycles. The number of hydrogen-bond donors (Lipinski definition) is 2. The van der Waals surface area contributed by atoms with E-state index in [1.54, 1.807) is 36.4 Å². The fraction of sp³-hybridized carbons (Fsp3) is 0. The Bertz CT molecular complexity index is 1340. The van der Waals surface area contributed by atoms with E-state index in [0.29, 0.717) is 28.7 Å². The van der Waals surface area contributed by atoms with Crippen LogP contribution in [0.1, 0.15) is 10.4 Å². The zero-order valence-corrected chi connectivity index (χ0v) is 16.9. The smallest absolute Gasteiger partial charge is 0.329 e. The number of oxazole rings is 1. The van der Waals surface area contributed by atoms with Gasteiger partial charge in [-0.05, 0) is 42.5 Å². The molecule has 4 aromatic rings. The van der Waals surface area contributed by atoms with Gasteiger partial charge in [0.05, 0.1) is 10.5 Å². The molecule has 0 fully saturated rings. The van der Waals surface area contributed by atoms with E-state index < -0.39 is 21.9 Å². The number of hydrogen-bond acceptors (Lipinski definition) is 7. The summed E-state index contributed by atoms with van der Waals surface area (Å²) in [6, 6.07) is 15.1. The van der Waals surface area contributed by atoms with E-state index in [0.717, 1.165) is 0 Å². The van der Waals surface area contributed by atoms with Crippen LogP contribution in [0, 0.1) is 15.9 Å². The lowest BCUT2D eigenvalue weighted by Gasteiger charge is -2.06. The number of rotatable bonds is 4. The Morgan fingerprint density at radius 3 is 2.53 bits per heavy atom. The Hall–Kier alpha value is -4.25. The number of carbonyl (C=O) groups excluding carboxylic acids is 2. The van der Waals surface area contributed by atoms with E-state index in [4.69, 9.17) is 4.42 Å².